The zero-order valence-electron chi connectivity index (χ0n) is 17.2. The summed E-state index contributed by atoms with van der Waals surface area (Å²) in [6.45, 7) is 3.95. The first-order valence-electron chi connectivity index (χ1n) is 10.4. The summed E-state index contributed by atoms with van der Waals surface area (Å²) >= 11 is 1.48. The number of nitrogens with one attached hydrogen (secondary N) is 1. The average Bonchev–Trinajstić information content (AvgIpc) is 3.48. The van der Waals surface area contributed by atoms with E-state index < -0.39 is 0 Å². The lowest BCUT2D eigenvalue weighted by atomic mass is 10.2. The summed E-state index contributed by atoms with van der Waals surface area (Å²) in [4.78, 5) is 16.8. The van der Waals surface area contributed by atoms with E-state index in [4.69, 9.17) is 0 Å². The highest BCUT2D eigenvalue weighted by Gasteiger charge is 2.28. The smallest absolute Gasteiger partial charge is 0.264 e. The molecule has 0 bridgehead atoms. The number of carbonyl (C=O) groups is 1. The molecule has 7 heteroatoms. The molecular formula is C24H23FN4OS. The van der Waals surface area contributed by atoms with E-state index in [0.717, 1.165) is 45.0 Å². The minimum absolute atomic E-state index is 0.0753. The molecule has 1 saturated heterocycles. The van der Waals surface area contributed by atoms with Crippen molar-refractivity contribution in [3.8, 4) is 0 Å². The Balaban J connectivity index is 1.32. The van der Waals surface area contributed by atoms with Crippen molar-refractivity contribution in [3.05, 3.63) is 82.6 Å². The third-order valence-corrected chi connectivity index (χ3v) is 6.82. The number of rotatable bonds is 5. The van der Waals surface area contributed by atoms with Gasteiger partial charge in [0.05, 0.1) is 17.1 Å². The zero-order chi connectivity index (χ0) is 21.4. The second-order valence-electron chi connectivity index (χ2n) is 7.95. The van der Waals surface area contributed by atoms with E-state index in [9.17, 15) is 9.18 Å². The molecule has 2 aromatic heterocycles. The van der Waals surface area contributed by atoms with Crippen molar-refractivity contribution in [3.63, 3.8) is 0 Å². The molecule has 0 spiro atoms. The lowest BCUT2D eigenvalue weighted by molar-refractivity contribution is 0.0796. The van der Waals surface area contributed by atoms with Gasteiger partial charge in [0.2, 0.25) is 0 Å². The molecule has 31 heavy (non-hydrogen) atoms. The van der Waals surface area contributed by atoms with Gasteiger partial charge in [-0.15, -0.1) is 11.3 Å². The molecule has 1 unspecified atom stereocenters. The molecule has 1 fully saturated rings. The number of carbonyl (C=O) groups excluding carboxylic acids is 1. The van der Waals surface area contributed by atoms with Crippen molar-refractivity contribution in [2.24, 2.45) is 0 Å². The second-order valence-corrected chi connectivity index (χ2v) is 8.98. The van der Waals surface area contributed by atoms with Crippen LogP contribution in [-0.2, 0) is 6.54 Å². The number of fused-ring (bicyclic) bond motifs is 1. The maximum Gasteiger partial charge on any atom is 0.264 e. The Morgan fingerprint density at radius 2 is 1.97 bits per heavy atom. The van der Waals surface area contributed by atoms with Gasteiger partial charge in [-0.05, 0) is 49.2 Å². The molecule has 3 heterocycles. The minimum atomic E-state index is -0.250. The maximum atomic E-state index is 13.2. The van der Waals surface area contributed by atoms with Crippen LogP contribution in [0.2, 0.25) is 0 Å². The number of thiophene rings is 1. The van der Waals surface area contributed by atoms with Gasteiger partial charge < -0.3 is 10.2 Å². The van der Waals surface area contributed by atoms with Gasteiger partial charge in [0.15, 0.2) is 0 Å². The van der Waals surface area contributed by atoms with E-state index in [0.29, 0.717) is 13.1 Å². The summed E-state index contributed by atoms with van der Waals surface area (Å²) < 4.78 is 15.1. The van der Waals surface area contributed by atoms with E-state index in [-0.39, 0.29) is 17.8 Å². The fourth-order valence-electron chi connectivity index (χ4n) is 4.08. The van der Waals surface area contributed by atoms with Crippen LogP contribution in [0.5, 0.6) is 0 Å². The minimum Gasteiger partial charge on any atom is -0.380 e. The van der Waals surface area contributed by atoms with Gasteiger partial charge in [-0.1, -0.05) is 30.3 Å². The molecule has 2 aromatic carbocycles. The predicted molar refractivity (Wildman–Crippen MR) is 122 cm³/mol. The number of hydrogen-bond acceptors (Lipinski definition) is 4. The van der Waals surface area contributed by atoms with Crippen LogP contribution in [0.15, 0.2) is 60.7 Å². The monoisotopic (exact) mass is 434 g/mol. The van der Waals surface area contributed by atoms with Crippen molar-refractivity contribution in [2.75, 3.05) is 18.4 Å². The fourth-order valence-corrected chi connectivity index (χ4v) is 5.21. The van der Waals surface area contributed by atoms with E-state index in [1.165, 1.54) is 23.5 Å². The molecule has 1 aliphatic rings. The number of likely N-dealkylation sites (tertiary alicyclic amines) is 1. The normalized spacial score (nSPS) is 16.2. The van der Waals surface area contributed by atoms with Crippen molar-refractivity contribution in [2.45, 2.75) is 25.9 Å². The molecule has 158 valence electrons. The molecule has 1 aliphatic heterocycles. The molecule has 5 nitrogen and oxygen atoms in total. The quantitative estimate of drug-likeness (QED) is 0.485. The Morgan fingerprint density at radius 1 is 1.19 bits per heavy atom. The van der Waals surface area contributed by atoms with Gasteiger partial charge in [0, 0.05) is 30.2 Å². The van der Waals surface area contributed by atoms with Gasteiger partial charge >= 0.3 is 0 Å². The molecule has 1 atom stereocenters. The highest BCUT2D eigenvalue weighted by Crippen LogP contribution is 2.30. The topological polar surface area (TPSA) is 50.2 Å². The Labute approximate surface area is 184 Å². The van der Waals surface area contributed by atoms with Crippen LogP contribution in [-0.4, -0.2) is 39.7 Å². The number of nitrogens with zero attached hydrogens (tertiary/aromatic N) is 3. The molecular weight excluding hydrogens is 411 g/mol. The van der Waals surface area contributed by atoms with Crippen LogP contribution in [0.3, 0.4) is 0 Å². The summed E-state index contributed by atoms with van der Waals surface area (Å²) in [5.41, 5.74) is 2.96. The Morgan fingerprint density at radius 3 is 2.74 bits per heavy atom. The Hall–Kier alpha value is -3.19. The number of amides is 1. The van der Waals surface area contributed by atoms with Gasteiger partial charge in [0.25, 0.3) is 5.91 Å². The lowest BCUT2D eigenvalue weighted by Crippen LogP contribution is -2.31. The summed E-state index contributed by atoms with van der Waals surface area (Å²) in [5.74, 6) is -0.175. The number of aryl methyl sites for hydroxylation is 1. The van der Waals surface area contributed by atoms with E-state index in [2.05, 4.69) is 10.4 Å². The van der Waals surface area contributed by atoms with Crippen molar-refractivity contribution in [1.82, 2.24) is 14.7 Å². The number of benzene rings is 2. The number of hydrogen-bond donors (Lipinski definition) is 1. The summed E-state index contributed by atoms with van der Waals surface area (Å²) in [6.07, 6.45) is 0.933. The first-order chi connectivity index (χ1) is 15.1. The first kappa shape index (κ1) is 19.8. The summed E-state index contributed by atoms with van der Waals surface area (Å²) in [5, 5.41) is 9.15. The maximum absolute atomic E-state index is 13.2. The van der Waals surface area contributed by atoms with Gasteiger partial charge in [0.1, 0.15) is 10.6 Å². The molecule has 1 amide bonds. The fraction of sp³-hybridized carbons (Fsp3) is 0.250. The third kappa shape index (κ3) is 4.05. The highest BCUT2D eigenvalue weighted by atomic mass is 32.1. The largest absolute Gasteiger partial charge is 0.380 e. The van der Waals surface area contributed by atoms with Gasteiger partial charge in [-0.2, -0.15) is 5.10 Å². The molecule has 0 saturated carbocycles. The van der Waals surface area contributed by atoms with E-state index >= 15 is 0 Å². The Bertz CT molecular complexity index is 1220. The van der Waals surface area contributed by atoms with Crippen LogP contribution >= 0.6 is 11.3 Å². The average molecular weight is 435 g/mol. The summed E-state index contributed by atoms with van der Waals surface area (Å²) in [7, 11) is 0. The number of aromatic nitrogens is 2. The number of anilines is 1. The van der Waals surface area contributed by atoms with Crippen molar-refractivity contribution in [1.29, 1.82) is 0 Å². The van der Waals surface area contributed by atoms with Crippen LogP contribution < -0.4 is 5.32 Å². The van der Waals surface area contributed by atoms with Gasteiger partial charge in [-0.3, -0.25) is 9.48 Å². The molecule has 4 aromatic rings. The first-order valence-corrected chi connectivity index (χ1v) is 11.2. The van der Waals surface area contributed by atoms with Crippen LogP contribution in [0, 0.1) is 12.7 Å². The molecule has 0 radical (unpaired) electrons. The Kier molecular flexibility index (Phi) is 5.19. The second kappa shape index (κ2) is 8.15. The van der Waals surface area contributed by atoms with Crippen molar-refractivity contribution < 1.29 is 9.18 Å². The lowest BCUT2D eigenvalue weighted by Gasteiger charge is -2.17. The number of para-hydroxylation sites is 1. The third-order valence-electron chi connectivity index (χ3n) is 5.68. The highest BCUT2D eigenvalue weighted by molar-refractivity contribution is 7.20. The van der Waals surface area contributed by atoms with Crippen LogP contribution in [0.4, 0.5) is 10.1 Å². The standard InChI is InChI=1S/C24H23FN4OS/c1-16-21-13-22(31-24(21)29(27-16)14-17-7-9-18(25)10-8-17)23(30)28-12-11-20(15-28)26-19-5-3-2-4-6-19/h2-10,13,20,26H,11-12,14-15H2,1H3. The van der Waals surface area contributed by atoms with Crippen LogP contribution in [0.25, 0.3) is 10.2 Å². The predicted octanol–water partition coefficient (Wildman–Crippen LogP) is 4.92. The van der Waals surface area contributed by atoms with Crippen LogP contribution in [0.1, 0.15) is 27.3 Å². The zero-order valence-corrected chi connectivity index (χ0v) is 18.0. The van der Waals surface area contributed by atoms with Crippen molar-refractivity contribution >= 4 is 33.1 Å². The number of halogens is 1. The van der Waals surface area contributed by atoms with E-state index in [1.807, 2.05) is 52.9 Å². The van der Waals surface area contributed by atoms with E-state index in [1.54, 1.807) is 12.1 Å². The molecule has 5 rings (SSSR count). The summed E-state index contributed by atoms with van der Waals surface area (Å²) in [6, 6.07) is 18.8. The van der Waals surface area contributed by atoms with Gasteiger partial charge in [-0.25, -0.2) is 4.39 Å². The molecule has 1 N–H and O–H groups in total. The molecule has 0 aliphatic carbocycles. The SMILES string of the molecule is Cc1nn(Cc2ccc(F)cc2)c2sc(C(=O)N3CCC(Nc4ccccc4)C3)cc12.